The van der Waals surface area contributed by atoms with Gasteiger partial charge < -0.3 is 15.8 Å². The zero-order valence-corrected chi connectivity index (χ0v) is 12.5. The van der Waals surface area contributed by atoms with Gasteiger partial charge in [0.15, 0.2) is 0 Å². The van der Waals surface area contributed by atoms with Crippen LogP contribution in [0.25, 0.3) is 0 Å². The monoisotopic (exact) mass is 304 g/mol. The molecule has 0 aliphatic rings. The van der Waals surface area contributed by atoms with Gasteiger partial charge >= 0.3 is 0 Å². The van der Waals surface area contributed by atoms with Crippen molar-refractivity contribution in [1.29, 1.82) is 0 Å². The Balaban J connectivity index is 1.84. The third kappa shape index (κ3) is 4.48. The molecule has 2 rings (SSSR count). The van der Waals surface area contributed by atoms with E-state index >= 15 is 0 Å². The SMILES string of the molecule is Cc1c(N)cccc1NC(=O)COCc1cccc(Cl)c1. The summed E-state index contributed by atoms with van der Waals surface area (Å²) >= 11 is 5.88. The van der Waals surface area contributed by atoms with Crippen molar-refractivity contribution in [3.63, 3.8) is 0 Å². The van der Waals surface area contributed by atoms with Crippen molar-refractivity contribution in [2.75, 3.05) is 17.7 Å². The van der Waals surface area contributed by atoms with Crippen molar-refractivity contribution in [3.05, 3.63) is 58.6 Å². The second-order valence-corrected chi connectivity index (χ2v) is 5.13. The molecular formula is C16H17ClN2O2. The number of amides is 1. The van der Waals surface area contributed by atoms with Crippen LogP contribution in [0.15, 0.2) is 42.5 Å². The van der Waals surface area contributed by atoms with Crippen LogP contribution in [-0.2, 0) is 16.1 Å². The summed E-state index contributed by atoms with van der Waals surface area (Å²) in [7, 11) is 0. The Labute approximate surface area is 128 Å². The lowest BCUT2D eigenvalue weighted by molar-refractivity contribution is -0.121. The number of halogens is 1. The number of nitrogen functional groups attached to an aromatic ring is 1. The Morgan fingerprint density at radius 3 is 2.81 bits per heavy atom. The first kappa shape index (κ1) is 15.4. The molecule has 2 aromatic rings. The van der Waals surface area contributed by atoms with Crippen LogP contribution in [0, 0.1) is 6.92 Å². The minimum Gasteiger partial charge on any atom is -0.398 e. The van der Waals surface area contributed by atoms with E-state index in [0.717, 1.165) is 11.1 Å². The molecule has 0 unspecified atom stereocenters. The lowest BCUT2D eigenvalue weighted by Gasteiger charge is -2.10. The summed E-state index contributed by atoms with van der Waals surface area (Å²) < 4.78 is 5.38. The largest absolute Gasteiger partial charge is 0.398 e. The highest BCUT2D eigenvalue weighted by molar-refractivity contribution is 6.30. The van der Waals surface area contributed by atoms with Gasteiger partial charge in [0.05, 0.1) is 6.61 Å². The zero-order chi connectivity index (χ0) is 15.2. The van der Waals surface area contributed by atoms with Crippen molar-refractivity contribution in [3.8, 4) is 0 Å². The molecule has 3 N–H and O–H groups in total. The molecule has 0 atom stereocenters. The third-order valence-corrected chi connectivity index (χ3v) is 3.28. The van der Waals surface area contributed by atoms with Gasteiger partial charge in [0.1, 0.15) is 6.61 Å². The second kappa shape index (κ2) is 7.11. The van der Waals surface area contributed by atoms with Crippen LogP contribution in [0.2, 0.25) is 5.02 Å². The van der Waals surface area contributed by atoms with Crippen molar-refractivity contribution in [2.45, 2.75) is 13.5 Å². The predicted molar refractivity (Wildman–Crippen MR) is 85.3 cm³/mol. The number of nitrogens with one attached hydrogen (secondary N) is 1. The van der Waals surface area contributed by atoms with Crippen LogP contribution in [-0.4, -0.2) is 12.5 Å². The molecule has 1 amide bonds. The molecule has 0 aliphatic heterocycles. The molecule has 0 saturated heterocycles. The Bertz CT molecular complexity index is 644. The molecule has 110 valence electrons. The quantitative estimate of drug-likeness (QED) is 0.832. The molecular weight excluding hydrogens is 288 g/mol. The highest BCUT2D eigenvalue weighted by atomic mass is 35.5. The van der Waals surface area contributed by atoms with Crippen molar-refractivity contribution >= 4 is 28.9 Å². The minimum absolute atomic E-state index is 0.0270. The van der Waals surface area contributed by atoms with E-state index in [1.807, 2.05) is 25.1 Å². The van der Waals surface area contributed by atoms with E-state index in [1.54, 1.807) is 24.3 Å². The summed E-state index contributed by atoms with van der Waals surface area (Å²) in [4.78, 5) is 11.8. The topological polar surface area (TPSA) is 64.3 Å². The van der Waals surface area contributed by atoms with Gasteiger partial charge in [0.25, 0.3) is 0 Å². The zero-order valence-electron chi connectivity index (χ0n) is 11.7. The lowest BCUT2D eigenvalue weighted by atomic mass is 10.1. The van der Waals surface area contributed by atoms with Crippen LogP contribution >= 0.6 is 11.6 Å². The Morgan fingerprint density at radius 2 is 2.05 bits per heavy atom. The first-order chi connectivity index (χ1) is 10.1. The van der Waals surface area contributed by atoms with Gasteiger partial charge in [-0.25, -0.2) is 0 Å². The molecule has 0 bridgehead atoms. The number of hydrogen-bond acceptors (Lipinski definition) is 3. The van der Waals surface area contributed by atoms with Crippen molar-refractivity contribution in [2.24, 2.45) is 0 Å². The first-order valence-electron chi connectivity index (χ1n) is 6.53. The summed E-state index contributed by atoms with van der Waals surface area (Å²) in [6.07, 6.45) is 0. The molecule has 2 aromatic carbocycles. The number of carbonyl (C=O) groups is 1. The highest BCUT2D eigenvalue weighted by Gasteiger charge is 2.06. The van der Waals surface area contributed by atoms with Crippen LogP contribution < -0.4 is 11.1 Å². The molecule has 0 aliphatic carbocycles. The van der Waals surface area contributed by atoms with Gasteiger partial charge in [-0.3, -0.25) is 4.79 Å². The van der Waals surface area contributed by atoms with E-state index in [2.05, 4.69) is 5.32 Å². The molecule has 0 saturated carbocycles. The summed E-state index contributed by atoms with van der Waals surface area (Å²) in [5.41, 5.74) is 8.91. The Kier molecular flexibility index (Phi) is 5.20. The lowest BCUT2D eigenvalue weighted by Crippen LogP contribution is -2.19. The van der Waals surface area contributed by atoms with Gasteiger partial charge in [-0.1, -0.05) is 29.8 Å². The summed E-state index contributed by atoms with van der Waals surface area (Å²) in [5.74, 6) is -0.217. The normalized spacial score (nSPS) is 10.4. The number of nitrogens with two attached hydrogens (primary N) is 1. The molecule has 21 heavy (non-hydrogen) atoms. The van der Waals surface area contributed by atoms with Gasteiger partial charge in [0, 0.05) is 16.4 Å². The van der Waals surface area contributed by atoms with Gasteiger partial charge in [0.2, 0.25) is 5.91 Å². The Morgan fingerprint density at radius 1 is 1.29 bits per heavy atom. The fraction of sp³-hybridized carbons (Fsp3) is 0.188. The molecule has 0 fully saturated rings. The third-order valence-electron chi connectivity index (χ3n) is 3.04. The predicted octanol–water partition coefficient (Wildman–Crippen LogP) is 3.39. The molecule has 0 radical (unpaired) electrons. The van der Waals surface area contributed by atoms with Gasteiger partial charge in [-0.2, -0.15) is 0 Å². The molecule has 0 aromatic heterocycles. The number of ether oxygens (including phenoxy) is 1. The van der Waals surface area contributed by atoms with E-state index < -0.39 is 0 Å². The number of rotatable bonds is 5. The molecule has 0 spiro atoms. The maximum Gasteiger partial charge on any atom is 0.250 e. The van der Waals surface area contributed by atoms with Gasteiger partial charge in [-0.15, -0.1) is 0 Å². The van der Waals surface area contributed by atoms with E-state index in [4.69, 9.17) is 22.1 Å². The number of anilines is 2. The fourth-order valence-corrected chi connectivity index (χ4v) is 2.08. The van der Waals surface area contributed by atoms with Crippen LogP contribution in [0.5, 0.6) is 0 Å². The maximum atomic E-state index is 11.8. The maximum absolute atomic E-state index is 11.8. The van der Waals surface area contributed by atoms with Crippen LogP contribution in [0.3, 0.4) is 0 Å². The van der Waals surface area contributed by atoms with Crippen LogP contribution in [0.4, 0.5) is 11.4 Å². The second-order valence-electron chi connectivity index (χ2n) is 4.69. The standard InChI is InChI=1S/C16H17ClN2O2/c1-11-14(18)6-3-7-15(11)19-16(20)10-21-9-12-4-2-5-13(17)8-12/h2-8H,9-10,18H2,1H3,(H,19,20). The average Bonchev–Trinajstić information content (AvgIpc) is 2.44. The summed E-state index contributed by atoms with van der Waals surface area (Å²) in [6, 6.07) is 12.7. The summed E-state index contributed by atoms with van der Waals surface area (Å²) in [6.45, 7) is 2.17. The molecule has 4 nitrogen and oxygen atoms in total. The average molecular weight is 305 g/mol. The van der Waals surface area contributed by atoms with E-state index in [0.29, 0.717) is 23.0 Å². The fourth-order valence-electron chi connectivity index (χ4n) is 1.86. The van der Waals surface area contributed by atoms with Crippen molar-refractivity contribution < 1.29 is 9.53 Å². The van der Waals surface area contributed by atoms with E-state index in [-0.39, 0.29) is 12.5 Å². The highest BCUT2D eigenvalue weighted by Crippen LogP contribution is 2.20. The first-order valence-corrected chi connectivity index (χ1v) is 6.91. The number of hydrogen-bond donors (Lipinski definition) is 2. The number of carbonyl (C=O) groups excluding carboxylic acids is 1. The minimum atomic E-state index is -0.217. The van der Waals surface area contributed by atoms with Crippen molar-refractivity contribution in [1.82, 2.24) is 0 Å². The summed E-state index contributed by atoms with van der Waals surface area (Å²) in [5, 5.41) is 3.43. The molecule has 5 heteroatoms. The van der Waals surface area contributed by atoms with E-state index in [1.165, 1.54) is 0 Å². The van der Waals surface area contributed by atoms with Gasteiger partial charge in [-0.05, 0) is 42.3 Å². The smallest absolute Gasteiger partial charge is 0.250 e. The van der Waals surface area contributed by atoms with Crippen LogP contribution in [0.1, 0.15) is 11.1 Å². The van der Waals surface area contributed by atoms with E-state index in [9.17, 15) is 4.79 Å². The molecule has 0 heterocycles. The Hall–Kier alpha value is -2.04. The number of benzene rings is 2.